The summed E-state index contributed by atoms with van der Waals surface area (Å²) in [5, 5.41) is 14.8. The minimum atomic E-state index is -2.10. The molecule has 2 aromatic carbocycles. The number of aliphatic hydroxyl groups is 1. The van der Waals surface area contributed by atoms with Crippen molar-refractivity contribution in [3.05, 3.63) is 45.7 Å². The molecule has 13 nitrogen and oxygen atoms in total. The lowest BCUT2D eigenvalue weighted by molar-refractivity contribution is -0.128. The fourth-order valence-corrected chi connectivity index (χ4v) is 6.64. The molecule has 1 aliphatic heterocycles. The fraction of sp³-hybridized carbons (Fsp3) is 0.471. The number of carbonyl (C=O) groups excluding carboxylic acids is 4. The Balaban J connectivity index is 1.97. The first-order valence-electron chi connectivity index (χ1n) is 15.3. The van der Waals surface area contributed by atoms with Gasteiger partial charge in [-0.1, -0.05) is 38.8 Å². The van der Waals surface area contributed by atoms with Gasteiger partial charge in [-0.25, -0.2) is 0 Å². The highest BCUT2D eigenvalue weighted by Crippen LogP contribution is 2.56. The molecule has 14 heteroatoms. The van der Waals surface area contributed by atoms with Crippen molar-refractivity contribution in [2.24, 2.45) is 17.6 Å². The molecule has 0 fully saturated rings. The van der Waals surface area contributed by atoms with Gasteiger partial charge in [0.15, 0.2) is 28.8 Å². The molecule has 4 rings (SSSR count). The lowest BCUT2D eigenvalue weighted by Gasteiger charge is -2.39. The molecule has 1 aliphatic carbocycles. The van der Waals surface area contributed by atoms with Gasteiger partial charge in [0.2, 0.25) is 28.9 Å². The molecule has 1 heterocycles. The Hall–Kier alpha value is -4.65. The van der Waals surface area contributed by atoms with E-state index in [-0.39, 0.29) is 63.0 Å². The summed E-state index contributed by atoms with van der Waals surface area (Å²) in [5.74, 6) is -4.81. The zero-order chi connectivity index (χ0) is 35.7. The average Bonchev–Trinajstić information content (AvgIpc) is 3.39. The van der Waals surface area contributed by atoms with E-state index >= 15 is 0 Å². The number of hydrogen-bond acceptors (Lipinski definition) is 11. The van der Waals surface area contributed by atoms with Crippen LogP contribution in [-0.2, 0) is 14.4 Å². The van der Waals surface area contributed by atoms with Gasteiger partial charge in [0, 0.05) is 36.3 Å². The number of fused-ring (bicyclic) bond motifs is 1. The van der Waals surface area contributed by atoms with Crippen molar-refractivity contribution in [3.8, 4) is 34.5 Å². The summed E-state index contributed by atoms with van der Waals surface area (Å²) < 4.78 is 33.7. The third-order valence-electron chi connectivity index (χ3n) is 9.17. The van der Waals surface area contributed by atoms with Crippen LogP contribution in [0.5, 0.6) is 34.5 Å². The molecule has 260 valence electrons. The lowest BCUT2D eigenvalue weighted by atomic mass is 9.69. The number of allylic oxidation sites excluding steroid dienone is 1. The highest BCUT2D eigenvalue weighted by molar-refractivity contribution is 6.35. The van der Waals surface area contributed by atoms with Crippen LogP contribution in [0.2, 0.25) is 5.02 Å². The molecule has 5 unspecified atom stereocenters. The molecule has 2 amide bonds. The molecular weight excluding hydrogens is 648 g/mol. The number of methoxy groups -OCH3 is 5. The van der Waals surface area contributed by atoms with Crippen LogP contribution in [0, 0.1) is 11.8 Å². The fourth-order valence-electron chi connectivity index (χ4n) is 6.37. The third kappa shape index (κ3) is 5.95. The number of aliphatic hydroxyl groups excluding tert-OH is 1. The molecule has 5 atom stereocenters. The smallest absolute Gasteiger partial charge is 0.240 e. The minimum absolute atomic E-state index is 0.0277. The van der Waals surface area contributed by atoms with Crippen LogP contribution in [-0.4, -0.2) is 75.7 Å². The SMILES string of the molecule is CCC(C)C(NC(=O)CC(C1=C(O)C2(Oc3c(Cl)c(OC)cc(OC)c3C2=O)C(C)CC1=O)c1cc(OC)c(OC)c(OC)c1)C(N)=O. The van der Waals surface area contributed by atoms with E-state index in [2.05, 4.69) is 5.32 Å². The van der Waals surface area contributed by atoms with Gasteiger partial charge < -0.3 is 44.6 Å². The average molecular weight is 689 g/mol. The van der Waals surface area contributed by atoms with Gasteiger partial charge in [-0.2, -0.15) is 0 Å². The largest absolute Gasteiger partial charge is 0.507 e. The second-order valence-electron chi connectivity index (χ2n) is 11.8. The number of hydrogen-bond donors (Lipinski definition) is 3. The van der Waals surface area contributed by atoms with Gasteiger partial charge in [-0.3, -0.25) is 19.2 Å². The molecule has 4 N–H and O–H groups in total. The number of ketones is 2. The molecule has 2 aromatic rings. The Labute approximate surface area is 283 Å². The number of rotatable bonds is 13. The van der Waals surface area contributed by atoms with Crippen molar-refractivity contribution in [1.29, 1.82) is 0 Å². The van der Waals surface area contributed by atoms with Crippen molar-refractivity contribution in [2.75, 3.05) is 35.5 Å². The predicted octanol–water partition coefficient (Wildman–Crippen LogP) is 4.31. The number of halogens is 1. The summed E-state index contributed by atoms with van der Waals surface area (Å²) in [7, 11) is 6.96. The van der Waals surface area contributed by atoms with Crippen LogP contribution >= 0.6 is 11.6 Å². The number of benzene rings is 2. The summed E-state index contributed by atoms with van der Waals surface area (Å²) in [4.78, 5) is 54.3. The zero-order valence-electron chi connectivity index (χ0n) is 28.1. The van der Waals surface area contributed by atoms with Crippen LogP contribution in [0.4, 0.5) is 0 Å². The van der Waals surface area contributed by atoms with Gasteiger partial charge in [0.25, 0.3) is 0 Å². The van der Waals surface area contributed by atoms with Crippen LogP contribution < -0.4 is 39.5 Å². The highest BCUT2D eigenvalue weighted by atomic mass is 35.5. The first kappa shape index (κ1) is 36.2. The number of carbonyl (C=O) groups is 4. The monoisotopic (exact) mass is 688 g/mol. The van der Waals surface area contributed by atoms with Crippen molar-refractivity contribution in [3.63, 3.8) is 0 Å². The Bertz CT molecular complexity index is 1650. The van der Waals surface area contributed by atoms with E-state index in [0.717, 1.165) is 0 Å². The maximum atomic E-state index is 14.4. The summed E-state index contributed by atoms with van der Waals surface area (Å²) in [6.45, 7) is 5.21. The van der Waals surface area contributed by atoms with Crippen molar-refractivity contribution >= 4 is 35.0 Å². The molecule has 0 saturated heterocycles. The quantitative estimate of drug-likeness (QED) is 0.273. The third-order valence-corrected chi connectivity index (χ3v) is 9.53. The van der Waals surface area contributed by atoms with Crippen LogP contribution in [0.15, 0.2) is 29.5 Å². The van der Waals surface area contributed by atoms with Crippen molar-refractivity contribution < 1.29 is 52.7 Å². The molecule has 48 heavy (non-hydrogen) atoms. The first-order chi connectivity index (χ1) is 22.7. The zero-order valence-corrected chi connectivity index (χ0v) is 28.9. The Morgan fingerprint density at radius 2 is 1.60 bits per heavy atom. The number of ether oxygens (including phenoxy) is 6. The summed E-state index contributed by atoms with van der Waals surface area (Å²) in [5.41, 5.74) is 3.54. The molecule has 0 saturated carbocycles. The lowest BCUT2D eigenvalue weighted by Crippen LogP contribution is -2.53. The molecule has 0 aromatic heterocycles. The summed E-state index contributed by atoms with van der Waals surface area (Å²) >= 11 is 6.59. The normalized spacial score (nSPS) is 20.4. The minimum Gasteiger partial charge on any atom is -0.507 e. The highest BCUT2D eigenvalue weighted by Gasteiger charge is 2.61. The van der Waals surface area contributed by atoms with Crippen molar-refractivity contribution in [2.45, 2.75) is 57.6 Å². The Kier molecular flexibility index (Phi) is 10.7. The standard InChI is InChI=1S/C34H41ClN2O11/c1-9-15(2)28(33(36)42)37-24(39)13-18(17-11-22(45-6)29(47-8)23(12-17)46-7)25-19(38)10-16(3)34(31(25)40)32(41)26-20(43-4)14-21(44-5)27(35)30(26)48-34/h11-12,14-16,18,28,40H,9-10,13H2,1-8H3,(H2,36,42)(H,37,39). The molecule has 2 aliphatic rings. The Morgan fingerprint density at radius 3 is 2.10 bits per heavy atom. The number of nitrogens with one attached hydrogen (secondary N) is 1. The van der Waals surface area contributed by atoms with Crippen LogP contribution in [0.3, 0.4) is 0 Å². The van der Waals surface area contributed by atoms with E-state index in [1.165, 1.54) is 53.7 Å². The van der Waals surface area contributed by atoms with Gasteiger partial charge in [0.05, 0.1) is 35.5 Å². The molecule has 1 spiro atoms. The van der Waals surface area contributed by atoms with E-state index in [1.54, 1.807) is 13.8 Å². The van der Waals surface area contributed by atoms with Gasteiger partial charge >= 0.3 is 0 Å². The molecule has 0 radical (unpaired) electrons. The summed E-state index contributed by atoms with van der Waals surface area (Å²) in [6.07, 6.45) is -0.144. The number of amides is 2. The van der Waals surface area contributed by atoms with E-state index in [0.29, 0.717) is 12.0 Å². The summed E-state index contributed by atoms with van der Waals surface area (Å²) in [6, 6.07) is 3.50. The van der Waals surface area contributed by atoms with Gasteiger partial charge in [-0.15, -0.1) is 0 Å². The predicted molar refractivity (Wildman–Crippen MR) is 175 cm³/mol. The van der Waals surface area contributed by atoms with Gasteiger partial charge in [-0.05, 0) is 23.6 Å². The maximum Gasteiger partial charge on any atom is 0.240 e. The van der Waals surface area contributed by atoms with E-state index in [4.69, 9.17) is 45.8 Å². The second kappa shape index (κ2) is 14.2. The van der Waals surface area contributed by atoms with E-state index in [9.17, 15) is 24.3 Å². The number of nitrogens with two attached hydrogens (primary N) is 1. The first-order valence-corrected chi connectivity index (χ1v) is 15.7. The van der Waals surface area contributed by atoms with E-state index in [1.807, 2.05) is 6.92 Å². The molecule has 0 bridgehead atoms. The van der Waals surface area contributed by atoms with Crippen LogP contribution in [0.1, 0.15) is 61.9 Å². The van der Waals surface area contributed by atoms with Gasteiger partial charge in [0.1, 0.15) is 28.1 Å². The number of Topliss-reactive ketones (excluding diaryl/α,β-unsaturated/α-hetero) is 2. The Morgan fingerprint density at radius 1 is 1.02 bits per heavy atom. The number of primary amides is 1. The van der Waals surface area contributed by atoms with Crippen molar-refractivity contribution in [1.82, 2.24) is 5.32 Å². The second-order valence-corrected chi connectivity index (χ2v) is 12.2. The van der Waals surface area contributed by atoms with Crippen LogP contribution in [0.25, 0.3) is 0 Å². The maximum absolute atomic E-state index is 14.4. The topological polar surface area (TPSA) is 182 Å². The molecular formula is C34H41ClN2O11. The van der Waals surface area contributed by atoms with E-state index < -0.39 is 59.0 Å².